The summed E-state index contributed by atoms with van der Waals surface area (Å²) in [5, 5.41) is 13.8. The highest BCUT2D eigenvalue weighted by Gasteiger charge is 2.29. The third kappa shape index (κ3) is 16.7. The smallest absolute Gasteiger partial charge is 0.410 e. The van der Waals surface area contributed by atoms with Gasteiger partial charge in [0, 0.05) is 73.5 Å². The number of pyridine rings is 1. The van der Waals surface area contributed by atoms with Crippen LogP contribution in [-0.2, 0) is 43.5 Å². The highest BCUT2D eigenvalue weighted by molar-refractivity contribution is 6.08. The number of ether oxygens (including phenoxy) is 1. The topological polar surface area (TPSA) is 273 Å². The molecule has 1 aromatic heterocycles. The number of carbonyl (C=O) groups excluding carboxylic acids is 7. The number of anilines is 2. The Bertz CT molecular complexity index is 2430. The number of benzene rings is 2. The first kappa shape index (κ1) is 54.6. The van der Waals surface area contributed by atoms with E-state index in [2.05, 4.69) is 43.5 Å². The van der Waals surface area contributed by atoms with Gasteiger partial charge in [-0.2, -0.15) is 0 Å². The molecule has 0 fully saturated rings. The molecule has 71 heavy (non-hydrogen) atoms. The minimum absolute atomic E-state index is 0.0444. The molecule has 0 aliphatic carbocycles. The Balaban J connectivity index is 1.15. The fourth-order valence-electron chi connectivity index (χ4n) is 8.27. The molecular formula is C52H71N11O8. The molecule has 0 saturated heterocycles. The number of amidine groups is 1. The number of hydrogen-bond acceptors (Lipinski definition) is 11. The molecule has 9 N–H and O–H groups in total. The molecule has 0 saturated carbocycles. The van der Waals surface area contributed by atoms with E-state index < -0.39 is 41.9 Å². The first-order valence-electron chi connectivity index (χ1n) is 24.8. The zero-order valence-electron chi connectivity index (χ0n) is 41.7. The fourth-order valence-corrected chi connectivity index (χ4v) is 8.27. The van der Waals surface area contributed by atoms with Crippen molar-refractivity contribution < 1.29 is 38.3 Å². The molecule has 0 bridgehead atoms. The normalized spacial score (nSPS) is 13.7. The lowest BCUT2D eigenvalue weighted by Gasteiger charge is -2.28. The van der Waals surface area contributed by atoms with E-state index in [4.69, 9.17) is 16.2 Å². The van der Waals surface area contributed by atoms with Crippen LogP contribution < -0.4 is 38.1 Å². The molecular weight excluding hydrogens is 907 g/mol. The van der Waals surface area contributed by atoms with Crippen LogP contribution in [-0.4, -0.2) is 101 Å². The summed E-state index contributed by atoms with van der Waals surface area (Å²) in [5.74, 6) is -1.65. The van der Waals surface area contributed by atoms with Crippen molar-refractivity contribution in [2.75, 3.05) is 36.8 Å². The van der Waals surface area contributed by atoms with Crippen LogP contribution in [0.3, 0.4) is 0 Å². The van der Waals surface area contributed by atoms with Gasteiger partial charge in [-0.05, 0) is 85.6 Å². The Morgan fingerprint density at radius 2 is 1.59 bits per heavy atom. The van der Waals surface area contributed by atoms with Gasteiger partial charge in [0.15, 0.2) is 0 Å². The maximum Gasteiger partial charge on any atom is 0.410 e. The number of primary amides is 1. The number of urea groups is 1. The molecule has 2 atom stereocenters. The lowest BCUT2D eigenvalue weighted by Crippen LogP contribution is -2.54. The predicted octanol–water partition coefficient (Wildman–Crippen LogP) is 6.44. The van der Waals surface area contributed by atoms with E-state index in [1.165, 1.54) is 0 Å². The standard InChI is InChI=1S/C52H71N11O8/c1-6-9-10-11-14-45(64)61-46(33(4)5)49(67)60-42(13-12-22-55-51(54)69)48(66)57-39-19-15-34(16-20-39)32-71-52(70)63-25-21-41-38(31-63)27-40(30-56-41)58-47(65)36-18-17-35-26-37(29-44(53)59-43(35)28-36)50(68)62(23-7-2)24-8-3/h15-20,26-28,30,33,42,46H,6-14,21-25,29,31-32H2,1-5H3,(H2,53,59)(H,57,66)(H,58,65)(H,60,67)(H,61,64)(H3,54,55,69)/t42-,46-/m0/s1. The van der Waals surface area contributed by atoms with Crippen LogP contribution in [0, 0.1) is 5.92 Å². The summed E-state index contributed by atoms with van der Waals surface area (Å²) in [6, 6.07) is 11.0. The van der Waals surface area contributed by atoms with Crippen molar-refractivity contribution in [1.29, 1.82) is 0 Å². The maximum absolute atomic E-state index is 13.6. The largest absolute Gasteiger partial charge is 0.445 e. The average Bonchev–Trinajstić information content (AvgIpc) is 3.51. The van der Waals surface area contributed by atoms with Crippen molar-refractivity contribution in [3.63, 3.8) is 0 Å². The molecule has 8 amide bonds. The van der Waals surface area contributed by atoms with E-state index >= 15 is 0 Å². The zero-order valence-corrected chi connectivity index (χ0v) is 41.7. The Labute approximate surface area is 416 Å². The van der Waals surface area contributed by atoms with E-state index in [1.807, 2.05) is 32.6 Å². The summed E-state index contributed by atoms with van der Waals surface area (Å²) in [6.45, 7) is 11.8. The summed E-state index contributed by atoms with van der Waals surface area (Å²) in [5.41, 5.74) is 16.6. The first-order chi connectivity index (χ1) is 34.1. The number of nitrogens with one attached hydrogen (secondary N) is 5. The minimum atomic E-state index is -0.994. The van der Waals surface area contributed by atoms with Crippen LogP contribution >= 0.6 is 0 Å². The number of rotatable bonds is 24. The third-order valence-electron chi connectivity index (χ3n) is 12.1. The molecule has 19 heteroatoms. The van der Waals surface area contributed by atoms with Crippen molar-refractivity contribution in [3.8, 4) is 0 Å². The van der Waals surface area contributed by atoms with Gasteiger partial charge in [0.05, 0.1) is 24.1 Å². The summed E-state index contributed by atoms with van der Waals surface area (Å²) in [7, 11) is 0. The Morgan fingerprint density at radius 3 is 2.28 bits per heavy atom. The third-order valence-corrected chi connectivity index (χ3v) is 12.1. The van der Waals surface area contributed by atoms with Gasteiger partial charge in [-0.15, -0.1) is 0 Å². The summed E-state index contributed by atoms with van der Waals surface area (Å²) < 4.78 is 5.67. The number of amides is 8. The number of aliphatic imine (C=N–C) groups is 1. The Morgan fingerprint density at radius 1 is 0.845 bits per heavy atom. The number of nitrogens with two attached hydrogens (primary N) is 2. The van der Waals surface area contributed by atoms with Crippen LogP contribution in [0.5, 0.6) is 0 Å². The summed E-state index contributed by atoms with van der Waals surface area (Å²) in [4.78, 5) is 104. The van der Waals surface area contributed by atoms with Crippen LogP contribution in [0.2, 0.25) is 0 Å². The van der Waals surface area contributed by atoms with E-state index in [0.29, 0.717) is 78.2 Å². The number of hydrogen-bond donors (Lipinski definition) is 7. The van der Waals surface area contributed by atoms with Gasteiger partial charge >= 0.3 is 12.1 Å². The van der Waals surface area contributed by atoms with Gasteiger partial charge in [-0.25, -0.2) is 14.6 Å². The zero-order chi connectivity index (χ0) is 51.5. The van der Waals surface area contributed by atoms with Crippen molar-refractivity contribution in [3.05, 3.63) is 88.2 Å². The monoisotopic (exact) mass is 978 g/mol. The Hall–Kier alpha value is -7.31. The lowest BCUT2D eigenvalue weighted by atomic mass is 10.0. The van der Waals surface area contributed by atoms with E-state index in [9.17, 15) is 33.6 Å². The summed E-state index contributed by atoms with van der Waals surface area (Å²) in [6.07, 6.45) is 9.74. The van der Waals surface area contributed by atoms with Crippen molar-refractivity contribution in [2.24, 2.45) is 22.4 Å². The van der Waals surface area contributed by atoms with Gasteiger partial charge in [-0.1, -0.05) is 72.1 Å². The maximum atomic E-state index is 13.6. The van der Waals surface area contributed by atoms with Crippen molar-refractivity contribution in [2.45, 2.75) is 130 Å². The fraction of sp³-hybridized carbons (Fsp3) is 0.481. The molecule has 0 unspecified atom stereocenters. The molecule has 19 nitrogen and oxygen atoms in total. The van der Waals surface area contributed by atoms with Gasteiger partial charge in [-0.3, -0.25) is 29.0 Å². The van der Waals surface area contributed by atoms with Crippen molar-refractivity contribution in [1.82, 2.24) is 30.7 Å². The molecule has 5 rings (SSSR count). The number of aromatic nitrogens is 1. The predicted molar refractivity (Wildman–Crippen MR) is 273 cm³/mol. The number of nitrogens with zero attached hydrogens (tertiary/aromatic N) is 4. The van der Waals surface area contributed by atoms with E-state index in [0.717, 1.165) is 49.8 Å². The van der Waals surface area contributed by atoms with Gasteiger partial charge in [0.25, 0.3) is 5.91 Å². The second-order valence-corrected chi connectivity index (χ2v) is 18.3. The SMILES string of the molecule is CCCCCCC(=O)N[C@H](C(=O)N[C@@H](CCCNC(N)=O)C(=O)Nc1ccc(COC(=O)N2CCc3ncc(NC(=O)c4ccc5c(c4)N=C(N)CC(C(=O)N(CCC)CCC)=C5)cc3C2)cc1)C(C)C. The van der Waals surface area contributed by atoms with Crippen LogP contribution in [0.4, 0.5) is 26.7 Å². The Kier molecular flexibility index (Phi) is 20.9. The van der Waals surface area contributed by atoms with Crippen molar-refractivity contribution >= 4 is 70.6 Å². The molecule has 3 heterocycles. The van der Waals surface area contributed by atoms with Crippen LogP contribution in [0.1, 0.15) is 132 Å². The molecule has 3 aromatic rings. The van der Waals surface area contributed by atoms with Gasteiger partial charge in [0.2, 0.25) is 23.6 Å². The van der Waals surface area contributed by atoms with E-state index in [1.54, 1.807) is 65.7 Å². The number of unbranched alkanes of at least 4 members (excludes halogenated alkanes) is 3. The highest BCUT2D eigenvalue weighted by Crippen LogP contribution is 2.29. The molecule has 2 aliphatic rings. The average molecular weight is 978 g/mol. The number of fused-ring (bicyclic) bond motifs is 2. The van der Waals surface area contributed by atoms with Gasteiger partial charge in [0.1, 0.15) is 24.5 Å². The summed E-state index contributed by atoms with van der Waals surface area (Å²) >= 11 is 0. The van der Waals surface area contributed by atoms with Crippen LogP contribution in [0.25, 0.3) is 6.08 Å². The minimum Gasteiger partial charge on any atom is -0.445 e. The molecule has 0 spiro atoms. The lowest BCUT2D eigenvalue weighted by molar-refractivity contribution is -0.132. The highest BCUT2D eigenvalue weighted by atomic mass is 16.6. The quantitative estimate of drug-likeness (QED) is 0.0483. The second-order valence-electron chi connectivity index (χ2n) is 18.3. The number of carbonyl (C=O) groups is 7. The van der Waals surface area contributed by atoms with E-state index in [-0.39, 0.29) is 56.1 Å². The molecule has 2 aromatic carbocycles. The van der Waals surface area contributed by atoms with Crippen LogP contribution in [0.15, 0.2) is 65.3 Å². The first-order valence-corrected chi connectivity index (χ1v) is 24.8. The second kappa shape index (κ2) is 27.2. The van der Waals surface area contributed by atoms with Gasteiger partial charge < -0.3 is 52.6 Å². The molecule has 2 aliphatic heterocycles. The molecule has 0 radical (unpaired) electrons. The molecule has 382 valence electrons.